The number of hydrogen-bond donors (Lipinski definition) is 1. The molecular formula is C6H12BrNO2S. The minimum atomic E-state index is -0.745. The number of nitrogens with one attached hydrogen (secondary N) is 1. The van der Waals surface area contributed by atoms with Gasteiger partial charge in [0, 0.05) is 29.4 Å². The third kappa shape index (κ3) is 8.00. The van der Waals surface area contributed by atoms with Crippen LogP contribution in [0.2, 0.25) is 0 Å². The van der Waals surface area contributed by atoms with Crippen LogP contribution in [-0.2, 0) is 15.6 Å². The van der Waals surface area contributed by atoms with Crippen molar-refractivity contribution < 1.29 is 9.00 Å². The number of rotatable bonds is 5. The predicted octanol–water partition coefficient (Wildman–Crippen LogP) is 0.266. The Kier molecular flexibility index (Phi) is 6.85. The molecule has 1 amide bonds. The van der Waals surface area contributed by atoms with Crippen molar-refractivity contribution in [1.82, 2.24) is 5.32 Å². The van der Waals surface area contributed by atoms with Crippen LogP contribution in [0.25, 0.3) is 0 Å². The van der Waals surface area contributed by atoms with Crippen LogP contribution in [0.1, 0.15) is 6.42 Å². The van der Waals surface area contributed by atoms with Crippen LogP contribution >= 0.6 is 15.9 Å². The van der Waals surface area contributed by atoms with Gasteiger partial charge >= 0.3 is 0 Å². The van der Waals surface area contributed by atoms with Crippen molar-refractivity contribution in [2.24, 2.45) is 0 Å². The molecule has 66 valence electrons. The number of hydrogen-bond acceptors (Lipinski definition) is 2. The van der Waals surface area contributed by atoms with Gasteiger partial charge in [0.15, 0.2) is 0 Å². The van der Waals surface area contributed by atoms with Crippen molar-refractivity contribution in [2.75, 3.05) is 23.9 Å². The van der Waals surface area contributed by atoms with Crippen molar-refractivity contribution in [3.8, 4) is 0 Å². The molecular weight excluding hydrogens is 230 g/mol. The van der Waals surface area contributed by atoms with Gasteiger partial charge in [0.2, 0.25) is 5.91 Å². The first kappa shape index (κ1) is 11.1. The predicted molar refractivity (Wildman–Crippen MR) is 50.4 cm³/mol. The quantitative estimate of drug-likeness (QED) is 0.555. The van der Waals surface area contributed by atoms with Gasteiger partial charge < -0.3 is 5.32 Å². The third-order valence-corrected chi connectivity index (χ3v) is 2.42. The molecule has 0 bridgehead atoms. The van der Waals surface area contributed by atoms with Gasteiger partial charge in [-0.1, -0.05) is 15.9 Å². The normalized spacial score (nSPS) is 12.5. The number of carbonyl (C=O) groups is 1. The fourth-order valence-corrected chi connectivity index (χ4v) is 1.30. The fraction of sp³-hybridized carbons (Fsp3) is 0.833. The molecule has 0 fully saturated rings. The van der Waals surface area contributed by atoms with E-state index in [1.165, 1.54) is 0 Å². The summed E-state index contributed by atoms with van der Waals surface area (Å²) in [5.41, 5.74) is 0. The smallest absolute Gasteiger partial charge is 0.230 e. The summed E-state index contributed by atoms with van der Waals surface area (Å²) in [6.45, 7) is 0.615. The lowest BCUT2D eigenvalue weighted by atomic mass is 10.5. The molecule has 1 atom stereocenters. The van der Waals surface area contributed by atoms with Gasteiger partial charge in [-0.05, 0) is 6.42 Å². The van der Waals surface area contributed by atoms with E-state index in [4.69, 9.17) is 0 Å². The summed E-state index contributed by atoms with van der Waals surface area (Å²) in [5, 5.41) is 3.00. The lowest BCUT2D eigenvalue weighted by Gasteiger charge is -2.00. The van der Waals surface area contributed by atoms with E-state index >= 15 is 0 Å². The molecule has 0 rings (SSSR count). The molecule has 0 aliphatic rings. The zero-order chi connectivity index (χ0) is 8.69. The molecule has 1 N–H and O–H groups in total. The van der Waals surface area contributed by atoms with Gasteiger partial charge in [-0.3, -0.25) is 9.00 Å². The van der Waals surface area contributed by atoms with Gasteiger partial charge in [-0.15, -0.1) is 0 Å². The molecule has 0 saturated heterocycles. The van der Waals surface area contributed by atoms with Gasteiger partial charge in [0.25, 0.3) is 0 Å². The fourth-order valence-electron chi connectivity index (χ4n) is 0.550. The second kappa shape index (κ2) is 6.79. The minimum Gasteiger partial charge on any atom is -0.355 e. The Balaban J connectivity index is 3.14. The van der Waals surface area contributed by atoms with Crippen LogP contribution in [-0.4, -0.2) is 34.0 Å². The van der Waals surface area contributed by atoms with Crippen molar-refractivity contribution in [3.63, 3.8) is 0 Å². The van der Waals surface area contributed by atoms with Crippen molar-refractivity contribution in [3.05, 3.63) is 0 Å². The maximum Gasteiger partial charge on any atom is 0.230 e. The standard InChI is InChI=1S/C6H12BrNO2S/c1-11(10)4-2-3-8-6(9)5-7/h2-5H2,1H3,(H,8,9). The summed E-state index contributed by atoms with van der Waals surface area (Å²) >= 11 is 3.02. The molecule has 0 aliphatic carbocycles. The summed E-state index contributed by atoms with van der Waals surface area (Å²) in [5.74, 6) is 0.634. The van der Waals surface area contributed by atoms with Gasteiger partial charge in [0.1, 0.15) is 0 Å². The monoisotopic (exact) mass is 241 g/mol. The Hall–Kier alpha value is 0.1000. The Morgan fingerprint density at radius 2 is 2.27 bits per heavy atom. The van der Waals surface area contributed by atoms with Gasteiger partial charge in [0.05, 0.1) is 5.33 Å². The second-order valence-electron chi connectivity index (χ2n) is 2.11. The first-order chi connectivity index (χ1) is 5.16. The van der Waals surface area contributed by atoms with E-state index in [9.17, 15) is 9.00 Å². The number of alkyl halides is 1. The lowest BCUT2D eigenvalue weighted by molar-refractivity contribution is -0.118. The number of halogens is 1. The summed E-state index contributed by atoms with van der Waals surface area (Å²) in [4.78, 5) is 10.6. The molecule has 11 heavy (non-hydrogen) atoms. The number of carbonyl (C=O) groups excluding carboxylic acids is 1. The maximum atomic E-state index is 10.6. The Bertz CT molecular complexity index is 152. The number of amides is 1. The SMILES string of the molecule is CS(=O)CCCNC(=O)CBr. The highest BCUT2D eigenvalue weighted by atomic mass is 79.9. The summed E-state index contributed by atoms with van der Waals surface area (Å²) in [6.07, 6.45) is 2.44. The highest BCUT2D eigenvalue weighted by Crippen LogP contribution is 1.83. The highest BCUT2D eigenvalue weighted by molar-refractivity contribution is 9.09. The van der Waals surface area contributed by atoms with E-state index < -0.39 is 10.8 Å². The molecule has 0 aromatic rings. The molecule has 0 saturated carbocycles. The van der Waals surface area contributed by atoms with E-state index in [1.54, 1.807) is 6.26 Å². The minimum absolute atomic E-state index is 0.0214. The van der Waals surface area contributed by atoms with Crippen molar-refractivity contribution in [1.29, 1.82) is 0 Å². The Morgan fingerprint density at radius 1 is 1.64 bits per heavy atom. The Morgan fingerprint density at radius 3 is 2.73 bits per heavy atom. The summed E-state index contributed by atoms with van der Waals surface area (Å²) < 4.78 is 10.5. The molecule has 5 heteroatoms. The molecule has 3 nitrogen and oxygen atoms in total. The maximum absolute atomic E-state index is 10.6. The molecule has 0 aliphatic heterocycles. The summed E-state index contributed by atoms with van der Waals surface area (Å²) in [7, 11) is -0.745. The average molecular weight is 242 g/mol. The van der Waals surface area contributed by atoms with Gasteiger partial charge in [-0.2, -0.15) is 0 Å². The Labute approximate surface area is 77.5 Å². The van der Waals surface area contributed by atoms with E-state index in [1.807, 2.05) is 0 Å². The van der Waals surface area contributed by atoms with Crippen LogP contribution in [0.15, 0.2) is 0 Å². The largest absolute Gasteiger partial charge is 0.355 e. The average Bonchev–Trinajstić information content (AvgIpc) is 1.97. The third-order valence-electron chi connectivity index (χ3n) is 1.05. The van der Waals surface area contributed by atoms with Crippen LogP contribution < -0.4 is 5.32 Å². The lowest BCUT2D eigenvalue weighted by Crippen LogP contribution is -2.26. The first-order valence-electron chi connectivity index (χ1n) is 3.29. The van der Waals surface area contributed by atoms with Crippen LogP contribution in [0.5, 0.6) is 0 Å². The molecule has 0 aromatic carbocycles. The second-order valence-corrected chi connectivity index (χ2v) is 4.23. The zero-order valence-corrected chi connectivity index (χ0v) is 8.83. The van der Waals surface area contributed by atoms with E-state index in [2.05, 4.69) is 21.2 Å². The topological polar surface area (TPSA) is 46.2 Å². The van der Waals surface area contributed by atoms with Gasteiger partial charge in [-0.25, -0.2) is 0 Å². The van der Waals surface area contributed by atoms with E-state index in [-0.39, 0.29) is 5.91 Å². The molecule has 0 spiro atoms. The summed E-state index contributed by atoms with van der Waals surface area (Å²) in [6, 6.07) is 0. The van der Waals surface area contributed by atoms with Crippen LogP contribution in [0.4, 0.5) is 0 Å². The first-order valence-corrected chi connectivity index (χ1v) is 6.14. The molecule has 1 unspecified atom stereocenters. The molecule has 0 radical (unpaired) electrons. The van der Waals surface area contributed by atoms with E-state index in [0.29, 0.717) is 17.6 Å². The van der Waals surface area contributed by atoms with Crippen molar-refractivity contribution >= 4 is 32.6 Å². The molecule has 0 heterocycles. The van der Waals surface area contributed by atoms with Crippen molar-refractivity contribution in [2.45, 2.75) is 6.42 Å². The van der Waals surface area contributed by atoms with Crippen LogP contribution in [0.3, 0.4) is 0 Å². The molecule has 0 aromatic heterocycles. The zero-order valence-electron chi connectivity index (χ0n) is 6.43. The van der Waals surface area contributed by atoms with Crippen LogP contribution in [0, 0.1) is 0 Å². The van der Waals surface area contributed by atoms with E-state index in [0.717, 1.165) is 6.42 Å². The highest BCUT2D eigenvalue weighted by Gasteiger charge is 1.96.